The van der Waals surface area contributed by atoms with Gasteiger partial charge in [-0.3, -0.25) is 4.79 Å². The number of thioether (sulfide) groups is 1. The molecule has 104 valence electrons. The number of hydrogen-bond donors (Lipinski definition) is 0. The lowest BCUT2D eigenvalue weighted by Crippen LogP contribution is -2.05. The molecule has 4 heteroatoms. The van der Waals surface area contributed by atoms with Crippen LogP contribution in [0.5, 0.6) is 11.5 Å². The van der Waals surface area contributed by atoms with Gasteiger partial charge in [0.25, 0.3) is 0 Å². The van der Waals surface area contributed by atoms with Crippen LogP contribution in [0, 0.1) is 0 Å². The van der Waals surface area contributed by atoms with Crippen LogP contribution in [-0.4, -0.2) is 25.8 Å². The summed E-state index contributed by atoms with van der Waals surface area (Å²) in [5, 5.41) is 0. The summed E-state index contributed by atoms with van der Waals surface area (Å²) in [6.07, 6.45) is 0. The zero-order valence-electron chi connectivity index (χ0n) is 11.5. The average molecular weight is 288 g/mol. The van der Waals surface area contributed by atoms with Crippen molar-refractivity contribution in [3.63, 3.8) is 0 Å². The highest BCUT2D eigenvalue weighted by Crippen LogP contribution is 2.27. The Morgan fingerprint density at radius 1 is 1.05 bits per heavy atom. The Morgan fingerprint density at radius 2 is 1.80 bits per heavy atom. The smallest absolute Gasteiger partial charge is 0.176 e. The van der Waals surface area contributed by atoms with Gasteiger partial charge in [0.15, 0.2) is 5.78 Å². The van der Waals surface area contributed by atoms with Crippen molar-refractivity contribution in [3.05, 3.63) is 54.1 Å². The molecular formula is C16H16O3S. The topological polar surface area (TPSA) is 35.5 Å². The molecule has 2 rings (SSSR count). The highest BCUT2D eigenvalue weighted by Gasteiger charge is 2.13. The van der Waals surface area contributed by atoms with Gasteiger partial charge in [0.05, 0.1) is 25.5 Å². The minimum Gasteiger partial charge on any atom is -0.497 e. The highest BCUT2D eigenvalue weighted by atomic mass is 32.2. The molecule has 0 saturated carbocycles. The number of carbonyl (C=O) groups is 1. The normalized spacial score (nSPS) is 10.1. The van der Waals surface area contributed by atoms with Crippen molar-refractivity contribution in [2.75, 3.05) is 20.0 Å². The predicted molar refractivity (Wildman–Crippen MR) is 81.0 cm³/mol. The van der Waals surface area contributed by atoms with Gasteiger partial charge < -0.3 is 9.47 Å². The first-order valence-corrected chi connectivity index (χ1v) is 7.16. The van der Waals surface area contributed by atoms with Crippen LogP contribution in [0.15, 0.2) is 53.4 Å². The molecule has 0 radical (unpaired) electrons. The minimum absolute atomic E-state index is 0.0401. The number of carbonyl (C=O) groups excluding carboxylic acids is 1. The molecule has 0 N–H and O–H groups in total. The number of methoxy groups -OCH3 is 2. The fourth-order valence-corrected chi connectivity index (χ4v) is 2.58. The lowest BCUT2D eigenvalue weighted by atomic mass is 10.1. The van der Waals surface area contributed by atoms with Gasteiger partial charge in [-0.2, -0.15) is 0 Å². The average Bonchev–Trinajstić information content (AvgIpc) is 2.52. The molecule has 2 aromatic carbocycles. The lowest BCUT2D eigenvalue weighted by molar-refractivity contribution is 0.101. The van der Waals surface area contributed by atoms with E-state index in [9.17, 15) is 4.79 Å². The number of ether oxygens (including phenoxy) is 2. The minimum atomic E-state index is 0.0401. The lowest BCUT2D eigenvalue weighted by Gasteiger charge is -2.09. The van der Waals surface area contributed by atoms with E-state index in [1.54, 1.807) is 32.4 Å². The highest BCUT2D eigenvalue weighted by molar-refractivity contribution is 8.00. The van der Waals surface area contributed by atoms with Crippen molar-refractivity contribution < 1.29 is 14.3 Å². The number of ketones is 1. The Morgan fingerprint density at radius 3 is 2.45 bits per heavy atom. The summed E-state index contributed by atoms with van der Waals surface area (Å²) in [5.74, 6) is 1.64. The van der Waals surface area contributed by atoms with Gasteiger partial charge in [-0.1, -0.05) is 18.2 Å². The van der Waals surface area contributed by atoms with Crippen LogP contribution >= 0.6 is 11.8 Å². The summed E-state index contributed by atoms with van der Waals surface area (Å²) in [4.78, 5) is 13.3. The third kappa shape index (κ3) is 3.54. The molecule has 0 aliphatic heterocycles. The SMILES string of the molecule is COc1ccc(C(=O)CSc2ccccc2)c(OC)c1. The Hall–Kier alpha value is -1.94. The van der Waals surface area contributed by atoms with Gasteiger partial charge in [0.2, 0.25) is 0 Å². The molecule has 0 unspecified atom stereocenters. The van der Waals surface area contributed by atoms with Crippen LogP contribution in [0.1, 0.15) is 10.4 Å². The molecule has 0 bridgehead atoms. The van der Waals surface area contributed by atoms with Crippen molar-refractivity contribution in [1.82, 2.24) is 0 Å². The van der Waals surface area contributed by atoms with E-state index in [0.717, 1.165) is 4.90 Å². The molecule has 0 heterocycles. The summed E-state index contributed by atoms with van der Waals surface area (Å²) < 4.78 is 10.4. The number of Topliss-reactive ketones (excluding diaryl/α,β-unsaturated/α-hetero) is 1. The van der Waals surface area contributed by atoms with E-state index in [1.807, 2.05) is 30.3 Å². The second kappa shape index (κ2) is 7.01. The second-order valence-electron chi connectivity index (χ2n) is 4.09. The summed E-state index contributed by atoms with van der Waals surface area (Å²) in [5.41, 5.74) is 0.580. The zero-order valence-corrected chi connectivity index (χ0v) is 12.3. The van der Waals surface area contributed by atoms with E-state index in [4.69, 9.17) is 9.47 Å². The van der Waals surface area contributed by atoms with E-state index < -0.39 is 0 Å². The molecule has 0 aromatic heterocycles. The largest absolute Gasteiger partial charge is 0.497 e. The Kier molecular flexibility index (Phi) is 5.07. The summed E-state index contributed by atoms with van der Waals surface area (Å²) in [7, 11) is 3.14. The fourth-order valence-electron chi connectivity index (χ4n) is 1.77. The van der Waals surface area contributed by atoms with Crippen molar-refractivity contribution in [2.45, 2.75) is 4.90 Å². The van der Waals surface area contributed by atoms with Crippen LogP contribution in [0.25, 0.3) is 0 Å². The monoisotopic (exact) mass is 288 g/mol. The standard InChI is InChI=1S/C16H16O3S/c1-18-12-8-9-14(16(10-12)19-2)15(17)11-20-13-6-4-3-5-7-13/h3-10H,11H2,1-2H3. The maximum absolute atomic E-state index is 12.3. The molecule has 3 nitrogen and oxygen atoms in total. The number of rotatable bonds is 6. The molecule has 2 aromatic rings. The summed E-state index contributed by atoms with van der Waals surface area (Å²) in [6, 6.07) is 15.1. The molecule has 0 saturated heterocycles. The molecule has 0 aliphatic carbocycles. The Labute approximate surface area is 122 Å². The molecule has 0 spiro atoms. The van der Waals surface area contributed by atoms with Gasteiger partial charge in [0, 0.05) is 11.0 Å². The molecule has 0 fully saturated rings. The van der Waals surface area contributed by atoms with E-state index in [2.05, 4.69) is 0 Å². The van der Waals surface area contributed by atoms with E-state index >= 15 is 0 Å². The first-order valence-electron chi connectivity index (χ1n) is 6.17. The molecule has 0 amide bonds. The Bertz CT molecular complexity index is 582. The second-order valence-corrected chi connectivity index (χ2v) is 5.14. The van der Waals surface area contributed by atoms with Gasteiger partial charge in [0.1, 0.15) is 11.5 Å². The van der Waals surface area contributed by atoms with Gasteiger partial charge in [-0.25, -0.2) is 0 Å². The van der Waals surface area contributed by atoms with Crippen LogP contribution in [0.3, 0.4) is 0 Å². The van der Waals surface area contributed by atoms with Crippen molar-refractivity contribution in [3.8, 4) is 11.5 Å². The first kappa shape index (κ1) is 14.5. The maximum Gasteiger partial charge on any atom is 0.176 e. The summed E-state index contributed by atoms with van der Waals surface area (Å²) >= 11 is 1.52. The van der Waals surface area contributed by atoms with Gasteiger partial charge >= 0.3 is 0 Å². The van der Waals surface area contributed by atoms with Crippen LogP contribution in [0.4, 0.5) is 0 Å². The third-order valence-corrected chi connectivity index (χ3v) is 3.83. The third-order valence-electron chi connectivity index (χ3n) is 2.82. The summed E-state index contributed by atoms with van der Waals surface area (Å²) in [6.45, 7) is 0. The fraction of sp³-hybridized carbons (Fsp3) is 0.188. The number of benzene rings is 2. The van der Waals surface area contributed by atoms with E-state index in [0.29, 0.717) is 22.8 Å². The Balaban J connectivity index is 2.09. The van der Waals surface area contributed by atoms with Gasteiger partial charge in [-0.05, 0) is 24.3 Å². The predicted octanol–water partition coefficient (Wildman–Crippen LogP) is 3.68. The van der Waals surface area contributed by atoms with Crippen LogP contribution in [-0.2, 0) is 0 Å². The molecule has 20 heavy (non-hydrogen) atoms. The quantitative estimate of drug-likeness (QED) is 0.600. The molecule has 0 aliphatic rings. The van der Waals surface area contributed by atoms with Crippen molar-refractivity contribution in [1.29, 1.82) is 0 Å². The van der Waals surface area contributed by atoms with Crippen LogP contribution in [0.2, 0.25) is 0 Å². The molecule has 0 atom stereocenters. The van der Waals surface area contributed by atoms with E-state index in [1.165, 1.54) is 11.8 Å². The molecular weight excluding hydrogens is 272 g/mol. The maximum atomic E-state index is 12.3. The van der Waals surface area contributed by atoms with Crippen molar-refractivity contribution >= 4 is 17.5 Å². The van der Waals surface area contributed by atoms with Gasteiger partial charge in [-0.15, -0.1) is 11.8 Å². The van der Waals surface area contributed by atoms with Crippen LogP contribution < -0.4 is 9.47 Å². The zero-order chi connectivity index (χ0) is 14.4. The first-order chi connectivity index (χ1) is 9.74. The number of hydrogen-bond acceptors (Lipinski definition) is 4. The van der Waals surface area contributed by atoms with Crippen molar-refractivity contribution in [2.24, 2.45) is 0 Å². The van der Waals surface area contributed by atoms with E-state index in [-0.39, 0.29) is 5.78 Å².